The lowest BCUT2D eigenvalue weighted by atomic mass is 9.93. The van der Waals surface area contributed by atoms with Gasteiger partial charge in [0.25, 0.3) is 17.4 Å². The highest BCUT2D eigenvalue weighted by molar-refractivity contribution is 6.23. The third-order valence-corrected chi connectivity index (χ3v) is 4.45. The Kier molecular flexibility index (Phi) is 3.12. The van der Waals surface area contributed by atoms with Gasteiger partial charge in [-0.05, 0) is 32.0 Å². The van der Waals surface area contributed by atoms with Crippen LogP contribution >= 0.6 is 0 Å². The average molecular weight is 353 g/mol. The number of ether oxygens (including phenoxy) is 1. The highest BCUT2D eigenvalue weighted by atomic mass is 16.5. The molecular formula is C18H15N3O5. The number of Topliss-reactive ketones (excluding diaryl/α,β-unsaturated/α-hetero) is 1. The van der Waals surface area contributed by atoms with E-state index in [2.05, 4.69) is 5.32 Å². The first-order valence-electron chi connectivity index (χ1n) is 7.96. The second-order valence-corrected chi connectivity index (χ2v) is 6.92. The van der Waals surface area contributed by atoms with E-state index in [-0.39, 0.29) is 29.1 Å². The lowest BCUT2D eigenvalue weighted by Gasteiger charge is -2.31. The van der Waals surface area contributed by atoms with Gasteiger partial charge in [-0.15, -0.1) is 0 Å². The van der Waals surface area contributed by atoms with Crippen LogP contribution in [-0.4, -0.2) is 27.8 Å². The summed E-state index contributed by atoms with van der Waals surface area (Å²) in [6.07, 6.45) is 0.203. The largest absolute Gasteiger partial charge is 0.487 e. The molecule has 1 aromatic carbocycles. The maximum absolute atomic E-state index is 12.5. The fourth-order valence-electron chi connectivity index (χ4n) is 3.33. The molecule has 0 radical (unpaired) electrons. The van der Waals surface area contributed by atoms with Gasteiger partial charge in [0.15, 0.2) is 5.78 Å². The van der Waals surface area contributed by atoms with Crippen LogP contribution in [0.3, 0.4) is 0 Å². The van der Waals surface area contributed by atoms with Crippen LogP contribution in [0.5, 0.6) is 5.75 Å². The highest BCUT2D eigenvalue weighted by Crippen LogP contribution is 2.34. The molecule has 0 unspecified atom stereocenters. The second kappa shape index (κ2) is 5.04. The maximum atomic E-state index is 12.5. The minimum atomic E-state index is -0.657. The number of ketones is 1. The molecule has 2 aliphatic heterocycles. The number of pyridine rings is 1. The van der Waals surface area contributed by atoms with Crippen molar-refractivity contribution in [2.45, 2.75) is 25.9 Å². The van der Waals surface area contributed by atoms with Crippen LogP contribution in [0.2, 0.25) is 0 Å². The quantitative estimate of drug-likeness (QED) is 0.739. The second-order valence-electron chi connectivity index (χ2n) is 6.92. The highest BCUT2D eigenvalue weighted by Gasteiger charge is 2.34. The number of nitrogen functional groups attached to an aromatic ring is 1. The van der Waals surface area contributed by atoms with Gasteiger partial charge >= 0.3 is 0 Å². The zero-order valence-corrected chi connectivity index (χ0v) is 14.1. The van der Waals surface area contributed by atoms with Gasteiger partial charge in [0.05, 0.1) is 28.8 Å². The molecule has 0 bridgehead atoms. The van der Waals surface area contributed by atoms with Gasteiger partial charge in [-0.3, -0.25) is 29.1 Å². The van der Waals surface area contributed by atoms with E-state index < -0.39 is 23.0 Å². The van der Waals surface area contributed by atoms with Crippen LogP contribution in [0.1, 0.15) is 51.3 Å². The number of anilines is 1. The molecule has 3 heterocycles. The Bertz CT molecular complexity index is 1080. The van der Waals surface area contributed by atoms with Crippen LogP contribution in [-0.2, 0) is 0 Å². The zero-order chi connectivity index (χ0) is 18.8. The predicted molar refractivity (Wildman–Crippen MR) is 91.9 cm³/mol. The fourth-order valence-corrected chi connectivity index (χ4v) is 3.33. The van der Waals surface area contributed by atoms with Crippen molar-refractivity contribution in [2.24, 2.45) is 0 Å². The monoisotopic (exact) mass is 353 g/mol. The van der Waals surface area contributed by atoms with E-state index in [1.165, 1.54) is 6.07 Å². The molecular weight excluding hydrogens is 338 g/mol. The van der Waals surface area contributed by atoms with Crippen molar-refractivity contribution in [1.82, 2.24) is 9.88 Å². The minimum absolute atomic E-state index is 0.0453. The molecule has 8 heteroatoms. The Morgan fingerprint density at radius 2 is 1.81 bits per heavy atom. The van der Waals surface area contributed by atoms with Gasteiger partial charge in [0.1, 0.15) is 17.2 Å². The molecule has 26 heavy (non-hydrogen) atoms. The number of carbonyl (C=O) groups is 3. The summed E-state index contributed by atoms with van der Waals surface area (Å²) in [5.41, 5.74) is 5.40. The van der Waals surface area contributed by atoms with E-state index in [1.54, 1.807) is 12.1 Å². The molecule has 2 amide bonds. The number of hydrogen-bond donors (Lipinski definition) is 2. The number of fused-ring (bicyclic) bond motifs is 2. The lowest BCUT2D eigenvalue weighted by Crippen LogP contribution is -2.36. The summed E-state index contributed by atoms with van der Waals surface area (Å²) in [7, 11) is 0. The van der Waals surface area contributed by atoms with Crippen LogP contribution in [0.15, 0.2) is 29.1 Å². The number of hydrogen-bond acceptors (Lipinski definition) is 6. The SMILES string of the molecule is CC1(C)CC(=O)c2cc(-n3c(N)c4c(cc3=O)C(=O)NC4=O)ccc2O1. The summed E-state index contributed by atoms with van der Waals surface area (Å²) >= 11 is 0. The lowest BCUT2D eigenvalue weighted by molar-refractivity contribution is 0.0619. The topological polar surface area (TPSA) is 120 Å². The van der Waals surface area contributed by atoms with Crippen molar-refractivity contribution in [2.75, 3.05) is 5.73 Å². The zero-order valence-electron chi connectivity index (χ0n) is 14.1. The Balaban J connectivity index is 1.91. The molecule has 0 saturated heterocycles. The number of nitrogens with two attached hydrogens (primary N) is 1. The van der Waals surface area contributed by atoms with Gasteiger partial charge in [-0.25, -0.2) is 0 Å². The van der Waals surface area contributed by atoms with Crippen molar-refractivity contribution in [3.8, 4) is 11.4 Å². The molecule has 2 aliphatic rings. The molecule has 0 aliphatic carbocycles. The van der Waals surface area contributed by atoms with E-state index in [1.807, 2.05) is 13.8 Å². The Hall–Kier alpha value is -3.42. The van der Waals surface area contributed by atoms with E-state index in [4.69, 9.17) is 10.5 Å². The number of rotatable bonds is 1. The van der Waals surface area contributed by atoms with Crippen molar-refractivity contribution >= 4 is 23.4 Å². The molecule has 0 saturated carbocycles. The van der Waals surface area contributed by atoms with Gasteiger partial charge in [-0.1, -0.05) is 0 Å². The van der Waals surface area contributed by atoms with Gasteiger partial charge < -0.3 is 10.5 Å². The molecule has 8 nitrogen and oxygen atoms in total. The molecule has 1 aromatic heterocycles. The van der Waals surface area contributed by atoms with Crippen LogP contribution in [0.25, 0.3) is 5.69 Å². The van der Waals surface area contributed by atoms with Crippen molar-refractivity contribution in [3.63, 3.8) is 0 Å². The third-order valence-electron chi connectivity index (χ3n) is 4.45. The van der Waals surface area contributed by atoms with Crippen LogP contribution in [0.4, 0.5) is 5.82 Å². The van der Waals surface area contributed by atoms with Crippen LogP contribution in [0, 0.1) is 0 Å². The van der Waals surface area contributed by atoms with Gasteiger partial charge in [0.2, 0.25) is 0 Å². The molecule has 0 fully saturated rings. The van der Waals surface area contributed by atoms with Gasteiger partial charge in [0, 0.05) is 6.07 Å². The van der Waals surface area contributed by atoms with E-state index in [9.17, 15) is 19.2 Å². The van der Waals surface area contributed by atoms with Crippen molar-refractivity contribution < 1.29 is 19.1 Å². The first kappa shape index (κ1) is 16.1. The summed E-state index contributed by atoms with van der Waals surface area (Å²) in [6, 6.07) is 5.73. The number of nitrogens with one attached hydrogen (secondary N) is 1. The summed E-state index contributed by atoms with van der Waals surface area (Å²) in [5.74, 6) is -1.15. The summed E-state index contributed by atoms with van der Waals surface area (Å²) in [6.45, 7) is 3.64. The molecule has 4 rings (SSSR count). The number of aromatic nitrogens is 1. The minimum Gasteiger partial charge on any atom is -0.487 e. The molecule has 2 aromatic rings. The first-order valence-corrected chi connectivity index (χ1v) is 7.96. The standard InChI is InChI=1S/C18H15N3O5/c1-18(2)7-11(22)9-5-8(3-4-12(9)26-18)21-13(23)6-10-14(15(21)19)17(25)20-16(10)24/h3-6H,7,19H2,1-2H3,(H,20,24,25). The summed E-state index contributed by atoms with van der Waals surface area (Å²) < 4.78 is 6.90. The normalized spacial score (nSPS) is 17.4. The molecule has 0 spiro atoms. The fraction of sp³-hybridized carbons (Fsp3) is 0.222. The Morgan fingerprint density at radius 3 is 2.54 bits per heavy atom. The first-order chi connectivity index (χ1) is 12.2. The predicted octanol–water partition coefficient (Wildman–Crippen LogP) is 1.05. The molecule has 132 valence electrons. The van der Waals surface area contributed by atoms with Crippen molar-refractivity contribution in [1.29, 1.82) is 0 Å². The van der Waals surface area contributed by atoms with E-state index in [0.29, 0.717) is 17.0 Å². The number of imide groups is 1. The summed E-state index contributed by atoms with van der Waals surface area (Å²) in [5, 5.41) is 2.11. The van der Waals surface area contributed by atoms with Crippen LogP contribution < -0.4 is 21.3 Å². The average Bonchev–Trinajstić information content (AvgIpc) is 2.81. The number of carbonyl (C=O) groups excluding carboxylic acids is 3. The number of benzene rings is 1. The summed E-state index contributed by atoms with van der Waals surface area (Å²) in [4.78, 5) is 48.6. The molecule has 3 N–H and O–H groups in total. The Morgan fingerprint density at radius 1 is 1.08 bits per heavy atom. The third kappa shape index (κ3) is 2.22. The Labute approximate surface area is 147 Å². The molecule has 0 atom stereocenters. The van der Waals surface area contributed by atoms with Gasteiger partial charge in [-0.2, -0.15) is 0 Å². The smallest absolute Gasteiger partial charge is 0.262 e. The van der Waals surface area contributed by atoms with E-state index in [0.717, 1.165) is 10.6 Å². The number of amides is 2. The maximum Gasteiger partial charge on any atom is 0.262 e. The number of nitrogens with zero attached hydrogens (tertiary/aromatic N) is 1. The van der Waals surface area contributed by atoms with Crippen molar-refractivity contribution in [3.05, 3.63) is 51.3 Å². The van der Waals surface area contributed by atoms with E-state index >= 15 is 0 Å².